The topological polar surface area (TPSA) is 78.3 Å². The molecule has 0 heterocycles. The van der Waals surface area contributed by atoms with E-state index in [1.807, 2.05) is 36.4 Å². The van der Waals surface area contributed by atoms with E-state index in [9.17, 15) is 4.79 Å². The van der Waals surface area contributed by atoms with Gasteiger partial charge in [0.1, 0.15) is 12.4 Å². The van der Waals surface area contributed by atoms with E-state index in [2.05, 4.69) is 0 Å². The molecule has 0 aliphatic rings. The molecule has 0 atom stereocenters. The van der Waals surface area contributed by atoms with Gasteiger partial charge in [-0.05, 0) is 35.4 Å². The number of primary amides is 1. The second-order valence-corrected chi connectivity index (χ2v) is 4.20. The van der Waals surface area contributed by atoms with Gasteiger partial charge in [-0.1, -0.05) is 24.3 Å². The van der Waals surface area contributed by atoms with Gasteiger partial charge in [0.2, 0.25) is 5.91 Å². The third-order valence-electron chi connectivity index (χ3n) is 2.78. The highest BCUT2D eigenvalue weighted by Gasteiger charge is 2.01. The largest absolute Gasteiger partial charge is 0.489 e. The van der Waals surface area contributed by atoms with Crippen LogP contribution in [0.15, 0.2) is 48.5 Å². The highest BCUT2D eigenvalue weighted by Crippen LogP contribution is 2.15. The second kappa shape index (κ2) is 6.02. The molecule has 2 aromatic carbocycles. The molecular formula is C15H16N2O2. The molecule has 4 nitrogen and oxygen atoms in total. The maximum atomic E-state index is 10.9. The van der Waals surface area contributed by atoms with Crippen molar-refractivity contribution in [3.63, 3.8) is 0 Å². The smallest absolute Gasteiger partial charge is 0.248 e. The molecule has 2 aromatic rings. The normalized spacial score (nSPS) is 10.2. The van der Waals surface area contributed by atoms with Gasteiger partial charge in [0.15, 0.2) is 0 Å². The monoisotopic (exact) mass is 256 g/mol. The average Bonchev–Trinajstić information content (AvgIpc) is 2.46. The van der Waals surface area contributed by atoms with Crippen LogP contribution in [0.5, 0.6) is 5.75 Å². The van der Waals surface area contributed by atoms with Crippen LogP contribution in [0.2, 0.25) is 0 Å². The van der Waals surface area contributed by atoms with E-state index in [1.165, 1.54) is 0 Å². The molecule has 19 heavy (non-hydrogen) atoms. The summed E-state index contributed by atoms with van der Waals surface area (Å²) in [5.74, 6) is 0.352. The van der Waals surface area contributed by atoms with Crippen molar-refractivity contribution >= 4 is 5.91 Å². The predicted octanol–water partition coefficient (Wildman–Crippen LogP) is 1.82. The molecule has 0 aliphatic heterocycles. The number of benzene rings is 2. The molecule has 4 N–H and O–H groups in total. The van der Waals surface area contributed by atoms with Crippen LogP contribution in [0.4, 0.5) is 0 Å². The van der Waals surface area contributed by atoms with Gasteiger partial charge in [-0.3, -0.25) is 4.79 Å². The van der Waals surface area contributed by atoms with Gasteiger partial charge in [0.25, 0.3) is 0 Å². The first-order valence-corrected chi connectivity index (χ1v) is 5.99. The van der Waals surface area contributed by atoms with Crippen molar-refractivity contribution in [2.75, 3.05) is 0 Å². The molecule has 1 amide bonds. The third kappa shape index (κ3) is 3.56. The highest BCUT2D eigenvalue weighted by molar-refractivity contribution is 5.92. The van der Waals surface area contributed by atoms with E-state index in [0.29, 0.717) is 18.7 Å². The number of hydrogen-bond acceptors (Lipinski definition) is 3. The fourth-order valence-corrected chi connectivity index (χ4v) is 1.69. The summed E-state index contributed by atoms with van der Waals surface area (Å²) < 4.78 is 5.66. The summed E-state index contributed by atoms with van der Waals surface area (Å²) in [7, 11) is 0. The van der Waals surface area contributed by atoms with Crippen molar-refractivity contribution in [1.29, 1.82) is 0 Å². The van der Waals surface area contributed by atoms with Crippen molar-refractivity contribution in [2.24, 2.45) is 11.5 Å². The number of ether oxygens (including phenoxy) is 1. The summed E-state index contributed by atoms with van der Waals surface area (Å²) in [6.07, 6.45) is 0. The molecule has 0 saturated heterocycles. The Morgan fingerprint density at radius 1 is 1.05 bits per heavy atom. The molecule has 0 spiro atoms. The Morgan fingerprint density at radius 3 is 2.42 bits per heavy atom. The van der Waals surface area contributed by atoms with Crippen LogP contribution in [-0.2, 0) is 13.2 Å². The molecular weight excluding hydrogens is 240 g/mol. The van der Waals surface area contributed by atoms with Crippen LogP contribution in [0, 0.1) is 0 Å². The lowest BCUT2D eigenvalue weighted by Crippen LogP contribution is -2.10. The Kier molecular flexibility index (Phi) is 4.15. The van der Waals surface area contributed by atoms with Crippen LogP contribution in [0.3, 0.4) is 0 Å². The van der Waals surface area contributed by atoms with Crippen LogP contribution < -0.4 is 16.2 Å². The standard InChI is InChI=1S/C15H16N2O2/c16-9-12-2-1-3-14(8-12)19-10-11-4-6-13(7-5-11)15(17)18/h1-8H,9-10,16H2,(H2,17,18). The Hall–Kier alpha value is -2.33. The van der Waals surface area contributed by atoms with Gasteiger partial charge in [-0.25, -0.2) is 0 Å². The lowest BCUT2D eigenvalue weighted by Gasteiger charge is -2.07. The first-order chi connectivity index (χ1) is 9.19. The minimum atomic E-state index is -0.428. The Morgan fingerprint density at radius 2 is 1.79 bits per heavy atom. The van der Waals surface area contributed by atoms with Gasteiger partial charge >= 0.3 is 0 Å². The summed E-state index contributed by atoms with van der Waals surface area (Å²) >= 11 is 0. The molecule has 98 valence electrons. The van der Waals surface area contributed by atoms with Crippen molar-refractivity contribution < 1.29 is 9.53 Å². The molecule has 4 heteroatoms. The first-order valence-electron chi connectivity index (χ1n) is 5.99. The maximum Gasteiger partial charge on any atom is 0.248 e. The lowest BCUT2D eigenvalue weighted by molar-refractivity contribution is 0.1000. The molecule has 0 unspecified atom stereocenters. The Bertz CT molecular complexity index is 565. The number of rotatable bonds is 5. The van der Waals surface area contributed by atoms with E-state index < -0.39 is 5.91 Å². The van der Waals surface area contributed by atoms with Crippen molar-refractivity contribution in [3.05, 3.63) is 65.2 Å². The van der Waals surface area contributed by atoms with E-state index in [0.717, 1.165) is 16.9 Å². The Balaban J connectivity index is 1.99. The maximum absolute atomic E-state index is 10.9. The van der Waals surface area contributed by atoms with E-state index >= 15 is 0 Å². The van der Waals surface area contributed by atoms with Crippen LogP contribution in [0.25, 0.3) is 0 Å². The number of carbonyl (C=O) groups is 1. The number of nitrogens with two attached hydrogens (primary N) is 2. The van der Waals surface area contributed by atoms with Crippen molar-refractivity contribution in [2.45, 2.75) is 13.2 Å². The zero-order valence-electron chi connectivity index (χ0n) is 10.5. The minimum Gasteiger partial charge on any atom is -0.489 e. The molecule has 0 bridgehead atoms. The molecule has 0 fully saturated rings. The van der Waals surface area contributed by atoms with Crippen LogP contribution >= 0.6 is 0 Å². The van der Waals surface area contributed by atoms with Gasteiger partial charge < -0.3 is 16.2 Å². The number of carbonyl (C=O) groups excluding carboxylic acids is 1. The van der Waals surface area contributed by atoms with E-state index in [-0.39, 0.29) is 0 Å². The third-order valence-corrected chi connectivity index (χ3v) is 2.78. The summed E-state index contributed by atoms with van der Waals surface area (Å²) in [5.41, 5.74) is 13.2. The minimum absolute atomic E-state index is 0.428. The zero-order chi connectivity index (χ0) is 13.7. The van der Waals surface area contributed by atoms with Crippen molar-refractivity contribution in [1.82, 2.24) is 0 Å². The number of amides is 1. The fraction of sp³-hybridized carbons (Fsp3) is 0.133. The average molecular weight is 256 g/mol. The van der Waals surface area contributed by atoms with E-state index in [4.69, 9.17) is 16.2 Å². The van der Waals surface area contributed by atoms with Gasteiger partial charge in [-0.2, -0.15) is 0 Å². The summed E-state index contributed by atoms with van der Waals surface area (Å²) in [6.45, 7) is 0.928. The van der Waals surface area contributed by atoms with Gasteiger partial charge in [0, 0.05) is 12.1 Å². The van der Waals surface area contributed by atoms with Gasteiger partial charge in [-0.15, -0.1) is 0 Å². The molecule has 0 saturated carbocycles. The quantitative estimate of drug-likeness (QED) is 0.856. The van der Waals surface area contributed by atoms with Crippen molar-refractivity contribution in [3.8, 4) is 5.75 Å². The Labute approximate surface area is 112 Å². The first kappa shape index (κ1) is 13.1. The van der Waals surface area contributed by atoms with Crippen LogP contribution in [0.1, 0.15) is 21.5 Å². The van der Waals surface area contributed by atoms with Crippen LogP contribution in [-0.4, -0.2) is 5.91 Å². The SMILES string of the molecule is NCc1cccc(OCc2ccc(C(N)=O)cc2)c1. The number of hydrogen-bond donors (Lipinski definition) is 2. The summed E-state index contributed by atoms with van der Waals surface area (Å²) in [5, 5.41) is 0. The molecule has 0 aliphatic carbocycles. The molecule has 0 aromatic heterocycles. The zero-order valence-corrected chi connectivity index (χ0v) is 10.5. The summed E-state index contributed by atoms with van der Waals surface area (Å²) in [4.78, 5) is 10.9. The molecule has 0 radical (unpaired) electrons. The summed E-state index contributed by atoms with van der Waals surface area (Å²) in [6, 6.07) is 14.7. The predicted molar refractivity (Wildman–Crippen MR) is 73.6 cm³/mol. The second-order valence-electron chi connectivity index (χ2n) is 4.20. The van der Waals surface area contributed by atoms with E-state index in [1.54, 1.807) is 12.1 Å². The van der Waals surface area contributed by atoms with Gasteiger partial charge in [0.05, 0.1) is 0 Å². The lowest BCUT2D eigenvalue weighted by atomic mass is 10.1. The molecule has 2 rings (SSSR count). The highest BCUT2D eigenvalue weighted by atomic mass is 16.5. The fourth-order valence-electron chi connectivity index (χ4n) is 1.69.